The van der Waals surface area contributed by atoms with Gasteiger partial charge in [0, 0.05) is 18.7 Å². The molecule has 0 saturated heterocycles. The summed E-state index contributed by atoms with van der Waals surface area (Å²) in [6, 6.07) is 3.28. The van der Waals surface area contributed by atoms with Crippen molar-refractivity contribution in [1.82, 2.24) is 0 Å². The van der Waals surface area contributed by atoms with Crippen LogP contribution in [0.4, 0.5) is 8.78 Å². The molecule has 1 aromatic rings. The zero-order valence-electron chi connectivity index (χ0n) is 20.9. The standard InChI is InChI=1S/C29H39F2NO3/c1-2-19-3-5-20(6-4-19)18-34-24-13-11-22(12-14-24)21-7-9-23(10-8-21)29(33)35-25-15-27(30)26(17-32)28(31)16-25/h15-16,19-24H,2-14,18H2,1H3/t19-,20-,21-,22-,23-,24-. The first-order valence-electron chi connectivity index (χ1n) is 13.7. The number of nitriles is 1. The molecule has 0 N–H and O–H groups in total. The highest BCUT2D eigenvalue weighted by atomic mass is 19.1. The van der Waals surface area contributed by atoms with E-state index < -0.39 is 23.2 Å². The van der Waals surface area contributed by atoms with Crippen LogP contribution in [-0.4, -0.2) is 18.7 Å². The summed E-state index contributed by atoms with van der Waals surface area (Å²) in [7, 11) is 0. The number of rotatable bonds is 7. The van der Waals surface area contributed by atoms with Crippen molar-refractivity contribution >= 4 is 5.97 Å². The number of carbonyl (C=O) groups excluding carboxylic acids is 1. The minimum Gasteiger partial charge on any atom is -0.426 e. The Kier molecular flexibility index (Phi) is 9.16. The van der Waals surface area contributed by atoms with Gasteiger partial charge in [-0.25, -0.2) is 8.78 Å². The lowest BCUT2D eigenvalue weighted by Crippen LogP contribution is -2.32. The number of carbonyl (C=O) groups is 1. The van der Waals surface area contributed by atoms with E-state index in [1.54, 1.807) is 0 Å². The fraction of sp³-hybridized carbons (Fsp3) is 0.724. The van der Waals surface area contributed by atoms with Gasteiger partial charge in [0.1, 0.15) is 29.0 Å². The molecular weight excluding hydrogens is 448 g/mol. The largest absolute Gasteiger partial charge is 0.426 e. The summed E-state index contributed by atoms with van der Waals surface area (Å²) < 4.78 is 39.2. The Balaban J connectivity index is 1.15. The Morgan fingerprint density at radius 1 is 0.886 bits per heavy atom. The molecule has 0 heterocycles. The highest BCUT2D eigenvalue weighted by Gasteiger charge is 2.34. The molecule has 1 aromatic carbocycles. The number of hydrogen-bond acceptors (Lipinski definition) is 4. The number of benzene rings is 1. The Morgan fingerprint density at radius 3 is 1.97 bits per heavy atom. The molecule has 0 unspecified atom stereocenters. The summed E-state index contributed by atoms with van der Waals surface area (Å²) in [5.74, 6) is 0.145. The molecule has 4 nitrogen and oxygen atoms in total. The van der Waals surface area contributed by atoms with Gasteiger partial charge in [-0.05, 0) is 87.9 Å². The third kappa shape index (κ3) is 6.82. The first kappa shape index (κ1) is 26.1. The van der Waals surface area contributed by atoms with E-state index in [1.165, 1.54) is 51.0 Å². The number of esters is 1. The monoisotopic (exact) mass is 487 g/mol. The summed E-state index contributed by atoms with van der Waals surface area (Å²) in [5, 5.41) is 8.77. The van der Waals surface area contributed by atoms with Crippen molar-refractivity contribution in [2.24, 2.45) is 29.6 Å². The molecule has 6 heteroatoms. The van der Waals surface area contributed by atoms with Gasteiger partial charge in [0.25, 0.3) is 0 Å². The van der Waals surface area contributed by atoms with Crippen LogP contribution >= 0.6 is 0 Å². The molecule has 0 aromatic heterocycles. The molecule has 3 aliphatic rings. The van der Waals surface area contributed by atoms with E-state index in [2.05, 4.69) is 6.92 Å². The van der Waals surface area contributed by atoms with Crippen LogP contribution in [0.5, 0.6) is 5.75 Å². The lowest BCUT2D eigenvalue weighted by Gasteiger charge is -2.37. The quantitative estimate of drug-likeness (QED) is 0.298. The first-order chi connectivity index (χ1) is 17.0. The summed E-state index contributed by atoms with van der Waals surface area (Å²) in [6.45, 7) is 3.24. The van der Waals surface area contributed by atoms with Crippen molar-refractivity contribution in [3.8, 4) is 11.8 Å². The fourth-order valence-electron chi connectivity index (χ4n) is 6.55. The smallest absolute Gasteiger partial charge is 0.314 e. The summed E-state index contributed by atoms with van der Waals surface area (Å²) in [5.41, 5.74) is -0.662. The molecule has 3 fully saturated rings. The van der Waals surface area contributed by atoms with Crippen molar-refractivity contribution in [3.63, 3.8) is 0 Å². The lowest BCUT2D eigenvalue weighted by molar-refractivity contribution is -0.140. The normalized spacial score (nSPS) is 31.5. The van der Waals surface area contributed by atoms with Gasteiger partial charge in [-0.3, -0.25) is 4.79 Å². The van der Waals surface area contributed by atoms with Crippen LogP contribution in [0, 0.1) is 52.6 Å². The molecule has 0 amide bonds. The molecule has 192 valence electrons. The minimum atomic E-state index is -1.01. The molecule has 3 saturated carbocycles. The summed E-state index contributed by atoms with van der Waals surface area (Å²) in [4.78, 5) is 12.6. The molecule has 4 rings (SSSR count). The lowest BCUT2D eigenvalue weighted by atomic mass is 9.70. The van der Waals surface area contributed by atoms with Gasteiger partial charge in [0.15, 0.2) is 0 Å². The predicted octanol–water partition coefficient (Wildman–Crippen LogP) is 7.34. The zero-order chi connectivity index (χ0) is 24.8. The number of nitrogens with zero attached hydrogens (tertiary/aromatic N) is 1. The van der Waals surface area contributed by atoms with Crippen molar-refractivity contribution in [3.05, 3.63) is 29.3 Å². The van der Waals surface area contributed by atoms with Gasteiger partial charge < -0.3 is 9.47 Å². The van der Waals surface area contributed by atoms with Crippen molar-refractivity contribution < 1.29 is 23.0 Å². The third-order valence-electron chi connectivity index (χ3n) is 8.95. The van der Waals surface area contributed by atoms with Gasteiger partial charge in [0.05, 0.1) is 12.0 Å². The minimum absolute atomic E-state index is 0.178. The molecule has 35 heavy (non-hydrogen) atoms. The Morgan fingerprint density at radius 2 is 1.43 bits per heavy atom. The summed E-state index contributed by atoms with van der Waals surface area (Å²) >= 11 is 0. The number of ether oxygens (including phenoxy) is 2. The van der Waals surface area contributed by atoms with Crippen molar-refractivity contribution in [2.75, 3.05) is 6.61 Å². The van der Waals surface area contributed by atoms with E-state index in [9.17, 15) is 13.6 Å². The van der Waals surface area contributed by atoms with Crippen LogP contribution in [0.1, 0.15) is 96.0 Å². The van der Waals surface area contributed by atoms with Crippen molar-refractivity contribution in [1.29, 1.82) is 5.26 Å². The highest BCUT2D eigenvalue weighted by molar-refractivity contribution is 5.75. The molecule has 3 aliphatic carbocycles. The Hall–Kier alpha value is -2.00. The number of halogens is 2. The van der Waals surface area contributed by atoms with E-state index in [4.69, 9.17) is 14.7 Å². The van der Waals surface area contributed by atoms with Crippen molar-refractivity contribution in [2.45, 2.75) is 96.5 Å². The van der Waals surface area contributed by atoms with E-state index in [-0.39, 0.29) is 11.7 Å². The second kappa shape index (κ2) is 12.3. The fourth-order valence-corrected chi connectivity index (χ4v) is 6.55. The van der Waals surface area contributed by atoms with Gasteiger partial charge in [-0.2, -0.15) is 5.26 Å². The highest BCUT2D eigenvalue weighted by Crippen LogP contribution is 2.41. The van der Waals surface area contributed by atoms with Crippen LogP contribution in [0.2, 0.25) is 0 Å². The van der Waals surface area contributed by atoms with E-state index in [1.807, 2.05) is 0 Å². The van der Waals surface area contributed by atoms with Gasteiger partial charge in [-0.1, -0.05) is 26.2 Å². The Bertz CT molecular complexity index is 867. The summed E-state index contributed by atoms with van der Waals surface area (Å²) in [6.07, 6.45) is 15.3. The maximum Gasteiger partial charge on any atom is 0.314 e. The molecule has 0 bridgehead atoms. The average Bonchev–Trinajstić information content (AvgIpc) is 2.88. The van der Waals surface area contributed by atoms with Gasteiger partial charge in [-0.15, -0.1) is 0 Å². The molecular formula is C29H39F2NO3. The van der Waals surface area contributed by atoms with Crippen LogP contribution < -0.4 is 4.74 Å². The second-order valence-corrected chi connectivity index (χ2v) is 11.1. The average molecular weight is 488 g/mol. The van der Waals surface area contributed by atoms with Crippen LogP contribution in [0.3, 0.4) is 0 Å². The van der Waals surface area contributed by atoms with Gasteiger partial charge in [0.2, 0.25) is 0 Å². The van der Waals surface area contributed by atoms with E-state index in [0.717, 1.165) is 69.1 Å². The van der Waals surface area contributed by atoms with Crippen LogP contribution in [0.15, 0.2) is 12.1 Å². The van der Waals surface area contributed by atoms with E-state index >= 15 is 0 Å². The van der Waals surface area contributed by atoms with Crippen LogP contribution in [0.25, 0.3) is 0 Å². The Labute approximate surface area is 208 Å². The molecule has 0 radical (unpaired) electrons. The zero-order valence-corrected chi connectivity index (χ0v) is 20.9. The maximum atomic E-state index is 13.8. The topological polar surface area (TPSA) is 59.3 Å². The third-order valence-corrected chi connectivity index (χ3v) is 8.95. The van der Waals surface area contributed by atoms with Crippen LogP contribution in [-0.2, 0) is 9.53 Å². The van der Waals surface area contributed by atoms with Gasteiger partial charge >= 0.3 is 5.97 Å². The second-order valence-electron chi connectivity index (χ2n) is 11.1. The number of hydrogen-bond donors (Lipinski definition) is 0. The maximum absolute atomic E-state index is 13.8. The molecule has 0 atom stereocenters. The van der Waals surface area contributed by atoms with E-state index in [0.29, 0.717) is 17.9 Å². The first-order valence-corrected chi connectivity index (χ1v) is 13.7. The SMILES string of the molecule is CC[C@H]1CC[C@H](CO[C@H]2CC[C@H]([C@H]3CC[C@H](C(=O)Oc4cc(F)c(C#N)c(F)c4)CC3)CC2)CC1. The molecule has 0 aliphatic heterocycles. The molecule has 0 spiro atoms. The predicted molar refractivity (Wildman–Crippen MR) is 130 cm³/mol.